The topological polar surface area (TPSA) is 235 Å². The number of aromatic hydroxyl groups is 2. The predicted octanol–water partition coefficient (Wildman–Crippen LogP) is 13.9. The van der Waals surface area contributed by atoms with E-state index in [4.69, 9.17) is 9.47 Å². The summed E-state index contributed by atoms with van der Waals surface area (Å²) in [6.45, 7) is 8.77. The van der Waals surface area contributed by atoms with Gasteiger partial charge in [0.15, 0.2) is 0 Å². The average Bonchev–Trinajstić information content (AvgIpc) is 0.823. The van der Waals surface area contributed by atoms with Crippen molar-refractivity contribution in [2.45, 2.75) is 112 Å². The Morgan fingerprint density at radius 2 is 0.667 bits per heavy atom. The zero-order valence-electron chi connectivity index (χ0n) is 48.6. The number of alkyl halides is 9. The Morgan fingerprint density at radius 3 is 0.900 bits per heavy atom. The maximum absolute atomic E-state index is 15.2. The van der Waals surface area contributed by atoms with Crippen molar-refractivity contribution in [3.63, 3.8) is 0 Å². The van der Waals surface area contributed by atoms with Crippen molar-refractivity contribution in [2.24, 2.45) is 13.2 Å². The number of benzene rings is 7. The summed E-state index contributed by atoms with van der Waals surface area (Å²) in [6.07, 6.45) is -18.1. The van der Waals surface area contributed by atoms with Gasteiger partial charge in [0, 0.05) is 76.1 Å². The molecule has 0 heterocycles. The molecule has 90 heavy (non-hydrogen) atoms. The molecule has 16 nitrogen and oxygen atoms in total. The molecule has 7 aromatic carbocycles. The first kappa shape index (κ1) is 67.3. The third kappa shape index (κ3) is 16.4. The van der Waals surface area contributed by atoms with Gasteiger partial charge in [-0.1, -0.05) is 101 Å². The van der Waals surface area contributed by atoms with E-state index in [1.807, 2.05) is 26.1 Å². The largest absolute Gasteiger partial charge is 0.507 e. The number of phenolic OH excluding ortho intramolecular Hbond substituents is 2. The maximum Gasteiger partial charge on any atom is 0.450 e. The number of nitrogens with one attached hydrogen (secondary N) is 3. The second-order valence-corrected chi connectivity index (χ2v) is 26.6. The Balaban J connectivity index is 1.46. The van der Waals surface area contributed by atoms with Gasteiger partial charge in [-0.2, -0.15) is 64.8 Å². The molecule has 0 saturated carbocycles. The minimum atomic E-state index is -5.56. The Kier molecular flexibility index (Phi) is 19.8. The average molecular weight is 1320 g/mol. The SMILES string of the molecule is CCCOc1c2cc(N/C(=N/S(=O)(=O)c3ccccc3)C(F)(F)F)cc1Cc1cc(N/C(=N/S(=O)(=O)c3ccccc3)C(F)(F)F)cc(c1O)Cc1cc(C(C)(C)C)cc(c1OCCC)Cc1cc(N/C(=N/S(=O)(=O)c3ccccc3)C(F)(F)F)cc(c1O)C2. The lowest BCUT2D eigenvalue weighted by Gasteiger charge is -2.26. The summed E-state index contributed by atoms with van der Waals surface area (Å²) >= 11 is 0. The van der Waals surface area contributed by atoms with Crippen molar-refractivity contribution < 1.29 is 84.5 Å². The molecule has 0 spiro atoms. The fraction of sp³-hybridized carbons (Fsp3) is 0.274. The van der Waals surface area contributed by atoms with E-state index >= 15 is 39.5 Å². The summed E-state index contributed by atoms with van der Waals surface area (Å²) in [4.78, 5) is -1.82. The van der Waals surface area contributed by atoms with Gasteiger partial charge < -0.3 is 35.6 Å². The van der Waals surface area contributed by atoms with Gasteiger partial charge in [-0.15, -0.1) is 13.2 Å². The van der Waals surface area contributed by atoms with E-state index in [1.54, 1.807) is 26.0 Å². The summed E-state index contributed by atoms with van der Waals surface area (Å²) in [7, 11) is -15.3. The van der Waals surface area contributed by atoms with Crippen LogP contribution in [0.5, 0.6) is 23.0 Å². The molecule has 0 radical (unpaired) electrons. The van der Waals surface area contributed by atoms with Gasteiger partial charge in [-0.25, -0.2) is 0 Å². The molecule has 8 rings (SSSR count). The molecule has 7 aromatic rings. The number of sulfonamides is 3. The van der Waals surface area contributed by atoms with Gasteiger partial charge in [0.1, 0.15) is 23.0 Å². The summed E-state index contributed by atoms with van der Waals surface area (Å²) in [5, 5.41) is 31.3. The minimum absolute atomic E-state index is 0.0135. The van der Waals surface area contributed by atoms with Crippen LogP contribution in [0.1, 0.15) is 97.5 Å². The van der Waals surface area contributed by atoms with Crippen LogP contribution in [-0.2, 0) is 61.2 Å². The fourth-order valence-electron chi connectivity index (χ4n) is 9.48. The van der Waals surface area contributed by atoms with Crippen LogP contribution in [-0.4, -0.2) is 84.7 Å². The highest BCUT2D eigenvalue weighted by Gasteiger charge is 2.41. The number of hydrogen-bond acceptors (Lipinski definition) is 10. The Bertz CT molecular complexity index is 4050. The van der Waals surface area contributed by atoms with Crippen LogP contribution in [0.15, 0.2) is 167 Å². The van der Waals surface area contributed by atoms with Crippen molar-refractivity contribution >= 4 is 64.6 Å². The van der Waals surface area contributed by atoms with Gasteiger partial charge in [-0.05, 0) is 108 Å². The number of amidine groups is 3. The van der Waals surface area contributed by atoms with Crippen LogP contribution >= 0.6 is 0 Å². The number of hydrogen-bond donors (Lipinski definition) is 5. The van der Waals surface area contributed by atoms with E-state index in [1.165, 1.54) is 54.6 Å². The Morgan fingerprint density at radius 1 is 0.422 bits per heavy atom. The van der Waals surface area contributed by atoms with Crippen LogP contribution < -0.4 is 25.4 Å². The lowest BCUT2D eigenvalue weighted by atomic mass is 9.82. The standard InChI is InChI=1S/C62H59F9N6O10S3/c1-6-23-86-54-41-25-37-31-46(72-56(60(63,64)65)75-88(80,81)49-17-11-8-12-18-49)33-39(52(37)78)27-43-35-48(74-58(62(69,70)71)77-90(84,85)51-21-15-10-16-22-51)36-44(55(43)87-24-7-2)28-40-34-47(32-38(53(40)79)26-42(54)30-45(29-41)59(3,4)5)73-57(61(66,67)68)76-89(82,83)50-19-13-9-14-20-50/h8-22,29-36,78-79H,6-7,23-28H2,1-5H3,(H,72,75)(H,73,76)(H,74,77). The molecule has 0 aliphatic heterocycles. The highest BCUT2D eigenvalue weighted by Crippen LogP contribution is 2.44. The number of anilines is 3. The molecular formula is C62H59F9N6O10S3. The number of ether oxygens (including phenoxy) is 2. The van der Waals surface area contributed by atoms with E-state index < -0.39 is 140 Å². The van der Waals surface area contributed by atoms with Crippen LogP contribution in [0.2, 0.25) is 0 Å². The molecule has 8 bridgehead atoms. The first-order valence-electron chi connectivity index (χ1n) is 27.6. The van der Waals surface area contributed by atoms with Gasteiger partial charge in [0.2, 0.25) is 17.5 Å². The summed E-state index contributed by atoms with van der Waals surface area (Å²) in [5.74, 6) is -7.45. The molecule has 0 amide bonds. The third-order valence-corrected chi connectivity index (χ3v) is 17.5. The van der Waals surface area contributed by atoms with Crippen molar-refractivity contribution in [2.75, 3.05) is 29.2 Å². The van der Waals surface area contributed by atoms with Crippen LogP contribution in [0.3, 0.4) is 0 Å². The molecule has 28 heteroatoms. The second-order valence-electron chi connectivity index (χ2n) is 21.7. The van der Waals surface area contributed by atoms with Gasteiger partial charge in [0.05, 0.1) is 27.9 Å². The molecule has 1 aliphatic carbocycles. The zero-order valence-corrected chi connectivity index (χ0v) is 51.0. The molecule has 0 fully saturated rings. The number of halogens is 9. The van der Waals surface area contributed by atoms with Crippen molar-refractivity contribution in [1.82, 2.24) is 0 Å². The maximum atomic E-state index is 15.2. The Hall–Kier alpha value is -8.63. The third-order valence-electron chi connectivity index (χ3n) is 13.7. The summed E-state index contributed by atoms with van der Waals surface area (Å²) in [5.41, 5.74) is -2.53. The van der Waals surface area contributed by atoms with Crippen LogP contribution in [0.25, 0.3) is 0 Å². The highest BCUT2D eigenvalue weighted by atomic mass is 32.2. The molecule has 0 atom stereocenters. The molecule has 0 saturated heterocycles. The first-order chi connectivity index (χ1) is 42.1. The lowest BCUT2D eigenvalue weighted by Crippen LogP contribution is -2.32. The van der Waals surface area contributed by atoms with Crippen molar-refractivity contribution in [1.29, 1.82) is 0 Å². The van der Waals surface area contributed by atoms with Crippen molar-refractivity contribution in [3.05, 3.63) is 190 Å². The number of fused-ring (bicyclic) bond motifs is 8. The Labute approximate surface area is 513 Å². The molecule has 5 N–H and O–H groups in total. The monoisotopic (exact) mass is 1310 g/mol. The summed E-state index contributed by atoms with van der Waals surface area (Å²) < 4.78 is 240. The van der Waals surface area contributed by atoms with Crippen molar-refractivity contribution in [3.8, 4) is 23.0 Å². The molecule has 478 valence electrons. The number of phenols is 2. The number of nitrogens with zero attached hydrogens (tertiary/aromatic N) is 3. The highest BCUT2D eigenvalue weighted by molar-refractivity contribution is 7.91. The first-order valence-corrected chi connectivity index (χ1v) is 31.9. The van der Waals surface area contributed by atoms with E-state index in [0.717, 1.165) is 72.8 Å². The van der Waals surface area contributed by atoms with Gasteiger partial charge in [-0.3, -0.25) is 0 Å². The van der Waals surface area contributed by atoms with E-state index in [9.17, 15) is 35.5 Å². The molecule has 1 aliphatic rings. The molecule has 0 aromatic heterocycles. The van der Waals surface area contributed by atoms with E-state index in [0.29, 0.717) is 12.0 Å². The molecule has 0 unspecified atom stereocenters. The zero-order chi connectivity index (χ0) is 65.8. The van der Waals surface area contributed by atoms with Gasteiger partial charge in [0.25, 0.3) is 30.1 Å². The van der Waals surface area contributed by atoms with E-state index in [-0.39, 0.29) is 75.6 Å². The van der Waals surface area contributed by atoms with Crippen LogP contribution in [0, 0.1) is 0 Å². The van der Waals surface area contributed by atoms with Crippen LogP contribution in [0.4, 0.5) is 56.6 Å². The normalized spacial score (nSPS) is 14.0. The van der Waals surface area contributed by atoms with Gasteiger partial charge >= 0.3 is 18.5 Å². The minimum Gasteiger partial charge on any atom is -0.507 e. The predicted molar refractivity (Wildman–Crippen MR) is 323 cm³/mol. The number of rotatable bonds is 15. The fourth-order valence-corrected chi connectivity index (χ4v) is 12.5. The summed E-state index contributed by atoms with van der Waals surface area (Å²) in [6, 6.07) is 27.4. The van der Waals surface area contributed by atoms with E-state index in [2.05, 4.69) is 23.8 Å². The quantitative estimate of drug-likeness (QED) is 0.0278. The smallest absolute Gasteiger partial charge is 0.450 e. The lowest BCUT2D eigenvalue weighted by molar-refractivity contribution is -0.0593. The second kappa shape index (κ2) is 26.4. The molecular weight excluding hydrogens is 1260 g/mol.